The Morgan fingerprint density at radius 3 is 2.38 bits per heavy atom. The van der Waals surface area contributed by atoms with Crippen LogP contribution in [0.1, 0.15) is 12.8 Å². The van der Waals surface area contributed by atoms with Crippen molar-refractivity contribution in [1.29, 1.82) is 0 Å². The van der Waals surface area contributed by atoms with Crippen LogP contribution in [0.5, 0.6) is 0 Å². The molecule has 1 fully saturated rings. The van der Waals surface area contributed by atoms with Gasteiger partial charge in [0.15, 0.2) is 0 Å². The molecule has 13 heavy (non-hydrogen) atoms. The molecule has 0 atom stereocenters. The molecule has 0 radical (unpaired) electrons. The largest absolute Gasteiger partial charge is 0.474 e. The number of hydrogen-bond donors (Lipinski definition) is 2. The summed E-state index contributed by atoms with van der Waals surface area (Å²) in [6.45, 7) is 1.70. The van der Waals surface area contributed by atoms with Crippen LogP contribution in [-0.2, 0) is 9.59 Å². The molecule has 1 amide bonds. The second-order valence-electron chi connectivity index (χ2n) is 3.20. The molecule has 0 aromatic heterocycles. The van der Waals surface area contributed by atoms with Gasteiger partial charge in [-0.3, -0.25) is 4.79 Å². The van der Waals surface area contributed by atoms with Crippen LogP contribution in [0.3, 0.4) is 0 Å². The smallest absolute Gasteiger partial charge is 0.394 e. The van der Waals surface area contributed by atoms with Crippen molar-refractivity contribution in [2.45, 2.75) is 18.9 Å². The highest BCUT2D eigenvalue weighted by Crippen LogP contribution is 2.09. The third-order valence-electron chi connectivity index (χ3n) is 2.36. The number of carbonyl (C=O) groups is 2. The summed E-state index contributed by atoms with van der Waals surface area (Å²) in [5.74, 6) is -2.19. The van der Waals surface area contributed by atoms with E-state index in [2.05, 4.69) is 5.32 Å². The van der Waals surface area contributed by atoms with Crippen molar-refractivity contribution in [2.75, 3.05) is 20.1 Å². The molecule has 5 nitrogen and oxygen atoms in total. The van der Waals surface area contributed by atoms with Gasteiger partial charge in [-0.15, -0.1) is 0 Å². The molecule has 74 valence electrons. The summed E-state index contributed by atoms with van der Waals surface area (Å²) < 4.78 is 0. The third-order valence-corrected chi connectivity index (χ3v) is 2.36. The molecule has 1 saturated heterocycles. The van der Waals surface area contributed by atoms with Crippen LogP contribution in [0.2, 0.25) is 0 Å². The number of amides is 1. The Hall–Kier alpha value is -1.10. The Morgan fingerprint density at radius 1 is 1.38 bits per heavy atom. The van der Waals surface area contributed by atoms with E-state index in [1.165, 1.54) is 4.90 Å². The molecule has 0 aliphatic carbocycles. The van der Waals surface area contributed by atoms with Crippen LogP contribution >= 0.6 is 0 Å². The van der Waals surface area contributed by atoms with Gasteiger partial charge in [0.25, 0.3) is 0 Å². The first-order chi connectivity index (χ1) is 6.13. The number of aliphatic carboxylic acids is 1. The second kappa shape index (κ2) is 4.23. The van der Waals surface area contributed by atoms with Gasteiger partial charge in [-0.05, 0) is 25.9 Å². The van der Waals surface area contributed by atoms with E-state index in [0.29, 0.717) is 0 Å². The molecule has 0 unspecified atom stereocenters. The van der Waals surface area contributed by atoms with Crippen molar-refractivity contribution in [1.82, 2.24) is 10.2 Å². The number of rotatable bonds is 1. The Labute approximate surface area is 76.7 Å². The van der Waals surface area contributed by atoms with E-state index in [1.807, 2.05) is 0 Å². The predicted octanol–water partition coefficient (Wildman–Crippen LogP) is -0.719. The van der Waals surface area contributed by atoms with Crippen LogP contribution in [0.15, 0.2) is 0 Å². The van der Waals surface area contributed by atoms with E-state index in [0.717, 1.165) is 25.9 Å². The summed E-state index contributed by atoms with van der Waals surface area (Å²) in [6, 6.07) is 0.0739. The van der Waals surface area contributed by atoms with Gasteiger partial charge in [0.2, 0.25) is 0 Å². The predicted molar refractivity (Wildman–Crippen MR) is 46.3 cm³/mol. The standard InChI is InChI=1S/C8H14N2O3/c1-10(7(11)8(12)13)6-2-4-9-5-3-6/h6,9H,2-5H2,1H3,(H,12,13). The van der Waals surface area contributed by atoms with Gasteiger partial charge in [0.05, 0.1) is 0 Å². The highest BCUT2D eigenvalue weighted by atomic mass is 16.4. The molecule has 1 heterocycles. The highest BCUT2D eigenvalue weighted by Gasteiger charge is 2.25. The maximum Gasteiger partial charge on any atom is 0.394 e. The Balaban J connectivity index is 2.49. The maximum absolute atomic E-state index is 11.0. The van der Waals surface area contributed by atoms with Crippen molar-refractivity contribution in [3.63, 3.8) is 0 Å². The zero-order chi connectivity index (χ0) is 9.84. The molecule has 0 saturated carbocycles. The van der Waals surface area contributed by atoms with Gasteiger partial charge in [-0.1, -0.05) is 0 Å². The molecule has 1 rings (SSSR count). The van der Waals surface area contributed by atoms with Crippen LogP contribution in [-0.4, -0.2) is 48.1 Å². The summed E-state index contributed by atoms with van der Waals surface area (Å²) in [6.07, 6.45) is 1.66. The molecular formula is C8H14N2O3. The lowest BCUT2D eigenvalue weighted by atomic mass is 10.1. The van der Waals surface area contributed by atoms with Gasteiger partial charge in [0.1, 0.15) is 0 Å². The number of carbonyl (C=O) groups excluding carboxylic acids is 1. The van der Waals surface area contributed by atoms with Crippen LogP contribution in [0.4, 0.5) is 0 Å². The molecule has 0 bridgehead atoms. The maximum atomic E-state index is 11.0. The van der Waals surface area contributed by atoms with Gasteiger partial charge in [-0.25, -0.2) is 4.79 Å². The Bertz CT molecular complexity index is 211. The lowest BCUT2D eigenvalue weighted by molar-refractivity contribution is -0.156. The zero-order valence-electron chi connectivity index (χ0n) is 7.62. The molecule has 0 spiro atoms. The average Bonchev–Trinajstić information content (AvgIpc) is 2.17. The SMILES string of the molecule is CN(C(=O)C(=O)O)C1CCNCC1. The van der Waals surface area contributed by atoms with Gasteiger partial charge in [0, 0.05) is 13.1 Å². The minimum Gasteiger partial charge on any atom is -0.474 e. The Morgan fingerprint density at radius 2 is 1.92 bits per heavy atom. The van der Waals surface area contributed by atoms with Crippen molar-refractivity contribution >= 4 is 11.9 Å². The van der Waals surface area contributed by atoms with Crippen molar-refractivity contribution in [3.8, 4) is 0 Å². The normalized spacial score (nSPS) is 18.2. The molecule has 5 heteroatoms. The van der Waals surface area contributed by atoms with Gasteiger partial charge in [-0.2, -0.15) is 0 Å². The molecule has 0 aromatic carbocycles. The van der Waals surface area contributed by atoms with E-state index in [4.69, 9.17) is 5.11 Å². The molecule has 1 aliphatic heterocycles. The number of carboxylic acid groups (broad SMARTS) is 1. The number of piperidine rings is 1. The number of hydrogen-bond acceptors (Lipinski definition) is 3. The second-order valence-corrected chi connectivity index (χ2v) is 3.20. The minimum absolute atomic E-state index is 0.0739. The highest BCUT2D eigenvalue weighted by molar-refractivity contribution is 6.31. The quantitative estimate of drug-likeness (QED) is 0.530. The fourth-order valence-corrected chi connectivity index (χ4v) is 1.51. The fraction of sp³-hybridized carbons (Fsp3) is 0.750. The molecule has 2 N–H and O–H groups in total. The molecule has 1 aliphatic rings. The van der Waals surface area contributed by atoms with E-state index >= 15 is 0 Å². The van der Waals surface area contributed by atoms with E-state index in [-0.39, 0.29) is 6.04 Å². The lowest BCUT2D eigenvalue weighted by Crippen LogP contribution is -2.46. The summed E-state index contributed by atoms with van der Waals surface area (Å²) in [5.41, 5.74) is 0. The summed E-state index contributed by atoms with van der Waals surface area (Å²) >= 11 is 0. The van der Waals surface area contributed by atoms with Crippen LogP contribution in [0, 0.1) is 0 Å². The lowest BCUT2D eigenvalue weighted by Gasteiger charge is -2.30. The summed E-state index contributed by atoms with van der Waals surface area (Å²) in [7, 11) is 1.55. The molecule has 0 aromatic rings. The first-order valence-corrected chi connectivity index (χ1v) is 4.33. The van der Waals surface area contributed by atoms with Crippen molar-refractivity contribution in [2.24, 2.45) is 0 Å². The van der Waals surface area contributed by atoms with E-state index in [1.54, 1.807) is 7.05 Å². The van der Waals surface area contributed by atoms with E-state index in [9.17, 15) is 9.59 Å². The van der Waals surface area contributed by atoms with Crippen LogP contribution < -0.4 is 5.32 Å². The van der Waals surface area contributed by atoms with E-state index < -0.39 is 11.9 Å². The molecular weight excluding hydrogens is 172 g/mol. The number of nitrogens with one attached hydrogen (secondary N) is 1. The van der Waals surface area contributed by atoms with Gasteiger partial charge < -0.3 is 15.3 Å². The fourth-order valence-electron chi connectivity index (χ4n) is 1.51. The number of likely N-dealkylation sites (N-methyl/N-ethyl adjacent to an activating group) is 1. The summed E-state index contributed by atoms with van der Waals surface area (Å²) in [4.78, 5) is 22.7. The summed E-state index contributed by atoms with van der Waals surface area (Å²) in [5, 5.41) is 11.6. The number of carboxylic acids is 1. The third kappa shape index (κ3) is 2.42. The first-order valence-electron chi connectivity index (χ1n) is 4.33. The first kappa shape index (κ1) is 9.98. The monoisotopic (exact) mass is 186 g/mol. The topological polar surface area (TPSA) is 69.6 Å². The zero-order valence-corrected chi connectivity index (χ0v) is 7.62. The minimum atomic E-state index is -1.37. The average molecular weight is 186 g/mol. The van der Waals surface area contributed by atoms with Crippen LogP contribution in [0.25, 0.3) is 0 Å². The Kier molecular flexibility index (Phi) is 3.25. The van der Waals surface area contributed by atoms with Crippen molar-refractivity contribution in [3.05, 3.63) is 0 Å². The number of nitrogens with zero attached hydrogens (tertiary/aromatic N) is 1. The van der Waals surface area contributed by atoms with Gasteiger partial charge >= 0.3 is 11.9 Å². The van der Waals surface area contributed by atoms with Crippen molar-refractivity contribution < 1.29 is 14.7 Å².